The van der Waals surface area contributed by atoms with E-state index in [1.165, 1.54) is 22.2 Å². The number of piperidine rings is 2. The van der Waals surface area contributed by atoms with Gasteiger partial charge in [0.05, 0.1) is 16.5 Å². The molecule has 4 bridgehead atoms. The molecule has 4 saturated heterocycles. The number of carbonyl (C=O) groups is 1. The Bertz CT molecular complexity index is 801. The fourth-order valence-corrected chi connectivity index (χ4v) is 5.91. The molecule has 126 valence electrons. The molecule has 2 aromatic rings. The third-order valence-corrected chi connectivity index (χ3v) is 6.66. The Hall–Kier alpha value is -1.65. The number of ketones is 1. The molecule has 0 unspecified atom stereocenters. The van der Waals surface area contributed by atoms with E-state index in [1.807, 2.05) is 0 Å². The van der Waals surface area contributed by atoms with E-state index >= 15 is 0 Å². The molecule has 0 amide bonds. The Morgan fingerprint density at radius 1 is 1.00 bits per heavy atom. The van der Waals surface area contributed by atoms with Crippen LogP contribution in [0.1, 0.15) is 31.3 Å². The summed E-state index contributed by atoms with van der Waals surface area (Å²) < 4.78 is 2.37. The molecule has 0 aliphatic carbocycles. The lowest BCUT2D eigenvalue weighted by Gasteiger charge is -2.64. The average molecular weight is 323 g/mol. The molecule has 0 N–H and O–H groups in total. The smallest absolute Gasteiger partial charge is 0.149 e. The topological polar surface area (TPSA) is 28.5 Å². The maximum atomic E-state index is 12.9. The highest BCUT2D eigenvalue weighted by Crippen LogP contribution is 2.52. The predicted molar refractivity (Wildman–Crippen MR) is 94.8 cm³/mol. The predicted octanol–water partition coefficient (Wildman–Crippen LogP) is 2.71. The molecule has 0 spiro atoms. The first-order valence-corrected chi connectivity index (χ1v) is 8.91. The van der Waals surface area contributed by atoms with Crippen LogP contribution in [0.5, 0.6) is 0 Å². The molecule has 4 fully saturated rings. The second-order valence-electron chi connectivity index (χ2n) is 8.72. The highest BCUT2D eigenvalue weighted by atomic mass is 16.1. The second kappa shape index (κ2) is 4.30. The molecule has 4 aliphatic heterocycles. The molecule has 1 aromatic carbocycles. The third kappa shape index (κ3) is 1.58. The molecule has 6 rings (SSSR count). The molecule has 0 radical (unpaired) electrons. The molecule has 4 aliphatic rings. The number of para-hydroxylation sites is 1. The monoisotopic (exact) mass is 323 g/mol. The number of aromatic nitrogens is 1. The summed E-state index contributed by atoms with van der Waals surface area (Å²) >= 11 is 0. The Morgan fingerprint density at radius 2 is 1.54 bits per heavy atom. The number of aryl methyl sites for hydroxylation is 2. The minimum absolute atomic E-state index is 0.194. The van der Waals surface area contributed by atoms with E-state index in [0.717, 1.165) is 26.2 Å². The van der Waals surface area contributed by atoms with Crippen molar-refractivity contribution >= 4 is 16.7 Å². The summed E-state index contributed by atoms with van der Waals surface area (Å²) in [6.45, 7) is 10.1. The van der Waals surface area contributed by atoms with Crippen LogP contribution >= 0.6 is 0 Å². The van der Waals surface area contributed by atoms with Crippen LogP contribution in [0.15, 0.2) is 24.3 Å². The fourth-order valence-electron chi connectivity index (χ4n) is 5.91. The Morgan fingerprint density at radius 3 is 2.08 bits per heavy atom. The number of fused-ring (bicyclic) bond motifs is 1. The zero-order valence-corrected chi connectivity index (χ0v) is 15.0. The lowest BCUT2D eigenvalue weighted by molar-refractivity contribution is -0.197. The fraction of sp³-hybridized carbons (Fsp3) is 0.550. The summed E-state index contributed by atoms with van der Waals surface area (Å²) in [6.07, 6.45) is 0.302. The van der Waals surface area contributed by atoms with Gasteiger partial charge in [-0.3, -0.25) is 14.6 Å². The first kappa shape index (κ1) is 14.7. The number of benzene rings is 1. The summed E-state index contributed by atoms with van der Waals surface area (Å²) in [6, 6.07) is 8.67. The van der Waals surface area contributed by atoms with Crippen molar-refractivity contribution < 1.29 is 4.79 Å². The Balaban J connectivity index is 1.67. The molecule has 0 saturated carbocycles. The number of nitrogens with zero attached hydrogens (tertiary/aromatic N) is 3. The van der Waals surface area contributed by atoms with Crippen LogP contribution in [0, 0.1) is 17.8 Å². The molecule has 4 heteroatoms. The lowest BCUT2D eigenvalue weighted by atomic mass is 9.62. The minimum Gasteiger partial charge on any atom is -0.345 e. The van der Waals surface area contributed by atoms with Crippen molar-refractivity contribution in [1.82, 2.24) is 14.4 Å². The van der Waals surface area contributed by atoms with Crippen molar-refractivity contribution in [1.29, 1.82) is 0 Å². The number of rotatable bonds is 1. The Labute approximate surface area is 143 Å². The highest BCUT2D eigenvalue weighted by molar-refractivity contribution is 5.93. The van der Waals surface area contributed by atoms with Gasteiger partial charge in [-0.15, -0.1) is 0 Å². The van der Waals surface area contributed by atoms with Crippen LogP contribution in [-0.4, -0.2) is 46.3 Å². The average Bonchev–Trinajstić information content (AvgIpc) is 2.77. The summed E-state index contributed by atoms with van der Waals surface area (Å²) in [7, 11) is 2.19. The van der Waals surface area contributed by atoms with Crippen molar-refractivity contribution in [3.05, 3.63) is 35.5 Å². The Kier molecular flexibility index (Phi) is 2.63. The van der Waals surface area contributed by atoms with Crippen molar-refractivity contribution in [2.24, 2.45) is 17.9 Å². The number of carbonyl (C=O) groups excluding carboxylic acids is 1. The van der Waals surface area contributed by atoms with Gasteiger partial charge in [0.25, 0.3) is 0 Å². The number of Topliss-reactive ketones (excluding diaryl/α,β-unsaturated/α-hetero) is 1. The maximum absolute atomic E-state index is 12.9. The standard InChI is InChI=1S/C20H25N3O/c1-13-14-7-5-6-8-15(14)21(4)16(13)17-22-9-19(2)10-23(17)12-20(3,11-22)18(19)24/h5-8,17H,9-12H2,1-4H3. The van der Waals surface area contributed by atoms with Crippen LogP contribution in [0.2, 0.25) is 0 Å². The molecule has 5 heterocycles. The second-order valence-corrected chi connectivity index (χ2v) is 8.72. The third-order valence-electron chi connectivity index (χ3n) is 6.66. The van der Waals surface area contributed by atoms with E-state index in [9.17, 15) is 4.79 Å². The van der Waals surface area contributed by atoms with Gasteiger partial charge in [0.2, 0.25) is 0 Å². The van der Waals surface area contributed by atoms with E-state index in [4.69, 9.17) is 0 Å². The van der Waals surface area contributed by atoms with E-state index in [-0.39, 0.29) is 10.8 Å². The molecular formula is C20H25N3O. The first-order valence-electron chi connectivity index (χ1n) is 8.91. The normalized spacial score (nSPS) is 40.7. The van der Waals surface area contributed by atoms with Gasteiger partial charge < -0.3 is 4.57 Å². The van der Waals surface area contributed by atoms with Crippen molar-refractivity contribution in [3.63, 3.8) is 0 Å². The van der Waals surface area contributed by atoms with Crippen LogP contribution in [0.25, 0.3) is 10.9 Å². The zero-order valence-electron chi connectivity index (χ0n) is 15.0. The van der Waals surface area contributed by atoms with E-state index in [2.05, 4.69) is 66.5 Å². The van der Waals surface area contributed by atoms with Crippen LogP contribution in [0.3, 0.4) is 0 Å². The SMILES string of the molecule is Cc1c(C2N3CC4(C)CN2CC(C)(C3)C4=O)n(C)c2ccccc12. The largest absolute Gasteiger partial charge is 0.345 e. The number of hydrogen-bond acceptors (Lipinski definition) is 3. The van der Waals surface area contributed by atoms with E-state index in [1.54, 1.807) is 0 Å². The quantitative estimate of drug-likeness (QED) is 0.808. The summed E-state index contributed by atoms with van der Waals surface area (Å²) in [5.41, 5.74) is 3.69. The van der Waals surface area contributed by atoms with Crippen LogP contribution in [-0.2, 0) is 11.8 Å². The van der Waals surface area contributed by atoms with Gasteiger partial charge in [0.15, 0.2) is 0 Å². The molecule has 1 aromatic heterocycles. The minimum atomic E-state index is -0.194. The van der Waals surface area contributed by atoms with Crippen molar-refractivity contribution in [3.8, 4) is 0 Å². The molecule has 4 nitrogen and oxygen atoms in total. The van der Waals surface area contributed by atoms with Gasteiger partial charge in [0, 0.05) is 44.1 Å². The van der Waals surface area contributed by atoms with E-state index < -0.39 is 0 Å². The summed E-state index contributed by atoms with van der Waals surface area (Å²) in [5, 5.41) is 1.35. The molecule has 0 atom stereocenters. The van der Waals surface area contributed by atoms with Crippen molar-refractivity contribution in [2.75, 3.05) is 26.2 Å². The van der Waals surface area contributed by atoms with Gasteiger partial charge in [-0.2, -0.15) is 0 Å². The summed E-state index contributed by atoms with van der Waals surface area (Å²) in [4.78, 5) is 18.0. The lowest BCUT2D eigenvalue weighted by Crippen LogP contribution is -2.75. The molecular weight excluding hydrogens is 298 g/mol. The first-order chi connectivity index (χ1) is 11.3. The van der Waals surface area contributed by atoms with Gasteiger partial charge in [-0.25, -0.2) is 0 Å². The summed E-state index contributed by atoms with van der Waals surface area (Å²) in [5.74, 6) is 0.481. The maximum Gasteiger partial charge on any atom is 0.149 e. The molecule has 24 heavy (non-hydrogen) atoms. The van der Waals surface area contributed by atoms with Crippen LogP contribution < -0.4 is 0 Å². The van der Waals surface area contributed by atoms with Gasteiger partial charge in [-0.1, -0.05) is 32.0 Å². The van der Waals surface area contributed by atoms with Gasteiger partial charge in [-0.05, 0) is 18.6 Å². The van der Waals surface area contributed by atoms with Crippen LogP contribution in [0.4, 0.5) is 0 Å². The highest BCUT2D eigenvalue weighted by Gasteiger charge is 2.62. The van der Waals surface area contributed by atoms with Gasteiger partial charge >= 0.3 is 0 Å². The van der Waals surface area contributed by atoms with Crippen molar-refractivity contribution in [2.45, 2.75) is 26.9 Å². The van der Waals surface area contributed by atoms with E-state index in [0.29, 0.717) is 11.9 Å². The number of hydrogen-bond donors (Lipinski definition) is 0. The van der Waals surface area contributed by atoms with Gasteiger partial charge in [0.1, 0.15) is 11.9 Å². The zero-order chi connectivity index (χ0) is 16.9.